The average molecular weight is 309 g/mol. The van der Waals surface area contributed by atoms with Crippen molar-refractivity contribution in [2.45, 2.75) is 6.42 Å². The van der Waals surface area contributed by atoms with Gasteiger partial charge in [-0.1, -0.05) is 11.6 Å². The number of benzene rings is 1. The molecule has 0 saturated heterocycles. The Labute approximate surface area is 105 Å². The van der Waals surface area contributed by atoms with E-state index in [-0.39, 0.29) is 29.5 Å². The molecule has 0 aromatic heterocycles. The third kappa shape index (κ3) is 3.18. The Balaban J connectivity index is 3.04. The minimum Gasteiger partial charge on any atom is -0.486 e. The second-order valence-electron chi connectivity index (χ2n) is 2.80. The van der Waals surface area contributed by atoms with Crippen LogP contribution >= 0.6 is 27.5 Å². The highest BCUT2D eigenvalue weighted by Gasteiger charge is 2.19. The van der Waals surface area contributed by atoms with Crippen LogP contribution in [-0.2, 0) is 4.79 Å². The predicted molar refractivity (Wildman–Crippen MR) is 62.0 cm³/mol. The minimum atomic E-state index is -0.590. The first-order chi connectivity index (χ1) is 7.56. The van der Waals surface area contributed by atoms with E-state index in [0.717, 1.165) is 0 Å². The van der Waals surface area contributed by atoms with Gasteiger partial charge in [0, 0.05) is 17.5 Å². The van der Waals surface area contributed by atoms with Crippen molar-refractivity contribution in [1.29, 1.82) is 0 Å². The van der Waals surface area contributed by atoms with E-state index in [9.17, 15) is 14.9 Å². The number of carbonyl (C=O) groups excluding carboxylic acids is 1. The van der Waals surface area contributed by atoms with Gasteiger partial charge in [-0.15, -0.1) is 0 Å². The van der Waals surface area contributed by atoms with E-state index in [4.69, 9.17) is 16.3 Å². The highest BCUT2D eigenvalue weighted by molar-refractivity contribution is 9.10. The summed E-state index contributed by atoms with van der Waals surface area (Å²) in [5.41, 5.74) is -0.231. The number of carbonyl (C=O) groups is 1. The summed E-state index contributed by atoms with van der Waals surface area (Å²) in [6.45, 7) is 0.0879. The molecule has 0 saturated carbocycles. The molecule has 0 aliphatic rings. The van der Waals surface area contributed by atoms with Crippen molar-refractivity contribution in [2.24, 2.45) is 0 Å². The lowest BCUT2D eigenvalue weighted by Crippen LogP contribution is -2.01. The highest BCUT2D eigenvalue weighted by Crippen LogP contribution is 2.37. The molecule has 0 aliphatic carbocycles. The van der Waals surface area contributed by atoms with E-state index in [1.54, 1.807) is 0 Å². The molecule has 0 radical (unpaired) electrons. The Bertz CT molecular complexity index is 424. The summed E-state index contributed by atoms with van der Waals surface area (Å²) in [6, 6.07) is 2.69. The molecule has 86 valence electrons. The summed E-state index contributed by atoms with van der Waals surface area (Å²) in [6.07, 6.45) is 0.849. The monoisotopic (exact) mass is 307 g/mol. The van der Waals surface area contributed by atoms with Crippen LogP contribution in [0, 0.1) is 10.1 Å². The van der Waals surface area contributed by atoms with Crippen molar-refractivity contribution < 1.29 is 14.5 Å². The number of ether oxygens (including phenoxy) is 1. The zero-order valence-electron chi connectivity index (χ0n) is 7.98. The van der Waals surface area contributed by atoms with Gasteiger partial charge < -0.3 is 9.53 Å². The van der Waals surface area contributed by atoms with Crippen LogP contribution in [0.25, 0.3) is 0 Å². The molecule has 0 fully saturated rings. The molecular formula is C9H7BrClNO4. The maximum atomic E-state index is 10.7. The van der Waals surface area contributed by atoms with E-state index in [1.165, 1.54) is 12.1 Å². The summed E-state index contributed by atoms with van der Waals surface area (Å²) in [4.78, 5) is 20.3. The van der Waals surface area contributed by atoms with Crippen LogP contribution in [0.4, 0.5) is 5.69 Å². The maximum Gasteiger partial charge on any atom is 0.313 e. The summed E-state index contributed by atoms with van der Waals surface area (Å²) in [5, 5.41) is 11.0. The van der Waals surface area contributed by atoms with Gasteiger partial charge >= 0.3 is 5.69 Å². The zero-order chi connectivity index (χ0) is 12.1. The first-order valence-corrected chi connectivity index (χ1v) is 5.43. The number of hydrogen-bond acceptors (Lipinski definition) is 4. The second-order valence-corrected chi connectivity index (χ2v) is 4.09. The van der Waals surface area contributed by atoms with Crippen LogP contribution in [0.1, 0.15) is 6.42 Å². The number of nitro benzene ring substituents is 1. The van der Waals surface area contributed by atoms with Crippen molar-refractivity contribution >= 4 is 39.5 Å². The van der Waals surface area contributed by atoms with Crippen LogP contribution in [0.3, 0.4) is 0 Å². The van der Waals surface area contributed by atoms with Crippen LogP contribution in [0.5, 0.6) is 5.75 Å². The molecule has 0 spiro atoms. The number of rotatable bonds is 5. The number of nitro groups is 1. The van der Waals surface area contributed by atoms with E-state index < -0.39 is 4.92 Å². The van der Waals surface area contributed by atoms with Crippen molar-refractivity contribution in [3.05, 3.63) is 31.7 Å². The predicted octanol–water partition coefficient (Wildman–Crippen LogP) is 2.98. The van der Waals surface area contributed by atoms with E-state index in [0.29, 0.717) is 10.8 Å². The lowest BCUT2D eigenvalue weighted by Gasteiger charge is -2.07. The molecule has 1 aromatic carbocycles. The molecule has 1 rings (SSSR count). The summed E-state index contributed by atoms with van der Waals surface area (Å²) in [5.74, 6) is 0.0799. The Morgan fingerprint density at radius 1 is 1.56 bits per heavy atom. The molecule has 0 N–H and O–H groups in total. The first-order valence-electron chi connectivity index (χ1n) is 4.26. The Kier molecular flexibility index (Phi) is 4.70. The fourth-order valence-corrected chi connectivity index (χ4v) is 1.94. The number of aldehydes is 1. The van der Waals surface area contributed by atoms with E-state index >= 15 is 0 Å². The van der Waals surface area contributed by atoms with E-state index in [2.05, 4.69) is 15.9 Å². The smallest absolute Gasteiger partial charge is 0.313 e. The standard InChI is InChI=1S/C9H7BrClNO4/c10-7-4-6(11)5-8(12(14)15)9(7)16-3-1-2-13/h2,4-5H,1,3H2. The summed E-state index contributed by atoms with van der Waals surface area (Å²) in [7, 11) is 0. The number of hydrogen-bond donors (Lipinski definition) is 0. The van der Waals surface area contributed by atoms with Crippen LogP contribution in [0.2, 0.25) is 5.02 Å². The molecule has 0 bridgehead atoms. The van der Waals surface area contributed by atoms with Gasteiger partial charge in [0.25, 0.3) is 0 Å². The number of halogens is 2. The zero-order valence-corrected chi connectivity index (χ0v) is 10.3. The molecule has 0 heterocycles. The van der Waals surface area contributed by atoms with Gasteiger partial charge in [0.05, 0.1) is 16.0 Å². The molecule has 7 heteroatoms. The largest absolute Gasteiger partial charge is 0.486 e. The lowest BCUT2D eigenvalue weighted by molar-refractivity contribution is -0.385. The molecule has 0 amide bonds. The van der Waals surface area contributed by atoms with Gasteiger partial charge in [0.1, 0.15) is 6.29 Å². The van der Waals surface area contributed by atoms with Crippen LogP contribution in [-0.4, -0.2) is 17.8 Å². The average Bonchev–Trinajstić information content (AvgIpc) is 2.20. The normalized spacial score (nSPS) is 9.88. The first kappa shape index (κ1) is 12.9. The SMILES string of the molecule is O=CCCOc1c(Br)cc(Cl)cc1[N+](=O)[O-]. The van der Waals surface area contributed by atoms with Crippen molar-refractivity contribution in [3.8, 4) is 5.75 Å². The fourth-order valence-electron chi connectivity index (χ4n) is 1.03. The Morgan fingerprint density at radius 3 is 2.81 bits per heavy atom. The van der Waals surface area contributed by atoms with Gasteiger partial charge in [-0.05, 0) is 22.0 Å². The molecule has 0 atom stereocenters. The van der Waals surface area contributed by atoms with Gasteiger partial charge in [0.15, 0.2) is 0 Å². The molecule has 5 nitrogen and oxygen atoms in total. The molecule has 1 aromatic rings. The Morgan fingerprint density at radius 2 is 2.25 bits per heavy atom. The van der Waals surface area contributed by atoms with Crippen molar-refractivity contribution in [2.75, 3.05) is 6.61 Å². The van der Waals surface area contributed by atoms with Crippen molar-refractivity contribution in [3.63, 3.8) is 0 Å². The van der Waals surface area contributed by atoms with Crippen LogP contribution < -0.4 is 4.74 Å². The molecule has 0 unspecified atom stereocenters. The summed E-state index contributed by atoms with van der Waals surface area (Å²) < 4.78 is 5.53. The maximum absolute atomic E-state index is 10.7. The number of nitrogens with zero attached hydrogens (tertiary/aromatic N) is 1. The van der Waals surface area contributed by atoms with Gasteiger partial charge in [-0.3, -0.25) is 10.1 Å². The molecule has 0 aliphatic heterocycles. The van der Waals surface area contributed by atoms with Crippen molar-refractivity contribution in [1.82, 2.24) is 0 Å². The van der Waals surface area contributed by atoms with Gasteiger partial charge in [-0.25, -0.2) is 0 Å². The quantitative estimate of drug-likeness (QED) is 0.363. The minimum absolute atomic E-state index is 0.0799. The van der Waals surface area contributed by atoms with Gasteiger partial charge in [-0.2, -0.15) is 0 Å². The second kappa shape index (κ2) is 5.81. The lowest BCUT2D eigenvalue weighted by atomic mass is 10.3. The molecule has 16 heavy (non-hydrogen) atoms. The van der Waals surface area contributed by atoms with E-state index in [1.807, 2.05) is 0 Å². The highest BCUT2D eigenvalue weighted by atomic mass is 79.9. The fraction of sp³-hybridized carbons (Fsp3) is 0.222. The third-order valence-corrected chi connectivity index (χ3v) is 2.47. The van der Waals surface area contributed by atoms with Gasteiger partial charge in [0.2, 0.25) is 5.75 Å². The third-order valence-electron chi connectivity index (χ3n) is 1.67. The van der Waals surface area contributed by atoms with Crippen LogP contribution in [0.15, 0.2) is 16.6 Å². The summed E-state index contributed by atoms with van der Waals surface area (Å²) >= 11 is 8.80. The Hall–Kier alpha value is -1.14. The molecular weight excluding hydrogens is 301 g/mol. The topological polar surface area (TPSA) is 69.4 Å².